The fraction of sp³-hybridized carbons (Fsp3) is 0.385. The summed E-state index contributed by atoms with van der Waals surface area (Å²) in [5, 5.41) is 11.3. The molecule has 0 bridgehead atoms. The van der Waals surface area contributed by atoms with E-state index in [2.05, 4.69) is 21.2 Å². The number of benzene rings is 1. The van der Waals surface area contributed by atoms with Crippen molar-refractivity contribution in [2.45, 2.75) is 32.7 Å². The molecule has 5 heteroatoms. The number of aryl methyl sites for hydroxylation is 1. The van der Waals surface area contributed by atoms with Crippen LogP contribution < -0.4 is 5.32 Å². The summed E-state index contributed by atoms with van der Waals surface area (Å²) in [4.78, 5) is 22.3. The number of hydrogen-bond acceptors (Lipinski definition) is 2. The molecule has 0 aliphatic carbocycles. The van der Waals surface area contributed by atoms with Crippen LogP contribution in [-0.2, 0) is 4.79 Å². The molecule has 18 heavy (non-hydrogen) atoms. The molecule has 98 valence electrons. The van der Waals surface area contributed by atoms with Crippen LogP contribution in [0.3, 0.4) is 0 Å². The highest BCUT2D eigenvalue weighted by Gasteiger charge is 2.11. The van der Waals surface area contributed by atoms with E-state index in [1.807, 2.05) is 13.0 Å². The number of carboxylic acids is 1. The van der Waals surface area contributed by atoms with Gasteiger partial charge in [-0.05, 0) is 38.0 Å². The molecule has 1 unspecified atom stereocenters. The van der Waals surface area contributed by atoms with Gasteiger partial charge in [-0.1, -0.05) is 22.0 Å². The molecule has 0 aliphatic rings. The van der Waals surface area contributed by atoms with Crippen LogP contribution >= 0.6 is 15.9 Å². The summed E-state index contributed by atoms with van der Waals surface area (Å²) in [6.07, 6.45) is 0.479. The van der Waals surface area contributed by atoms with Gasteiger partial charge >= 0.3 is 5.97 Å². The highest BCUT2D eigenvalue weighted by molar-refractivity contribution is 9.10. The number of carbonyl (C=O) groups excluding carboxylic acids is 1. The molecule has 0 spiro atoms. The number of hydrogen-bond donors (Lipinski definition) is 2. The van der Waals surface area contributed by atoms with Gasteiger partial charge in [0.05, 0.1) is 0 Å². The average molecular weight is 314 g/mol. The Morgan fingerprint density at radius 3 is 2.67 bits per heavy atom. The van der Waals surface area contributed by atoms with E-state index >= 15 is 0 Å². The number of amides is 1. The van der Waals surface area contributed by atoms with Crippen LogP contribution in [0.15, 0.2) is 22.7 Å². The monoisotopic (exact) mass is 313 g/mol. The van der Waals surface area contributed by atoms with Crippen LogP contribution in [0.1, 0.15) is 35.7 Å². The van der Waals surface area contributed by atoms with Gasteiger partial charge < -0.3 is 10.4 Å². The van der Waals surface area contributed by atoms with Crippen molar-refractivity contribution in [2.24, 2.45) is 0 Å². The second-order valence-electron chi connectivity index (χ2n) is 4.27. The maximum absolute atomic E-state index is 11.9. The number of rotatable bonds is 5. The highest BCUT2D eigenvalue weighted by Crippen LogP contribution is 2.17. The van der Waals surface area contributed by atoms with Gasteiger partial charge in [0.25, 0.3) is 5.91 Å². The van der Waals surface area contributed by atoms with Gasteiger partial charge in [-0.25, -0.2) is 0 Å². The van der Waals surface area contributed by atoms with Crippen LogP contribution in [0.2, 0.25) is 0 Å². The van der Waals surface area contributed by atoms with Gasteiger partial charge in [0.2, 0.25) is 0 Å². The Labute approximate surface area is 115 Å². The van der Waals surface area contributed by atoms with Gasteiger partial charge in [0.15, 0.2) is 0 Å². The maximum Gasteiger partial charge on any atom is 0.303 e. The van der Waals surface area contributed by atoms with Crippen molar-refractivity contribution < 1.29 is 14.7 Å². The standard InChI is InChI=1S/C13H16BrNO3/c1-8-3-5-10(7-11(8)14)13(18)15-9(2)4-6-12(16)17/h3,5,7,9H,4,6H2,1-2H3,(H,15,18)(H,16,17). The summed E-state index contributed by atoms with van der Waals surface area (Å²) in [5.74, 6) is -1.04. The van der Waals surface area contributed by atoms with Crippen LogP contribution in [-0.4, -0.2) is 23.0 Å². The number of nitrogens with one attached hydrogen (secondary N) is 1. The number of halogens is 1. The molecule has 0 heterocycles. The number of aliphatic carboxylic acids is 1. The van der Waals surface area contributed by atoms with Crippen molar-refractivity contribution in [3.8, 4) is 0 Å². The third-order valence-electron chi connectivity index (χ3n) is 2.60. The highest BCUT2D eigenvalue weighted by atomic mass is 79.9. The summed E-state index contributed by atoms with van der Waals surface area (Å²) in [6, 6.07) is 5.21. The first-order valence-electron chi connectivity index (χ1n) is 5.69. The third kappa shape index (κ3) is 4.49. The van der Waals surface area contributed by atoms with Crippen molar-refractivity contribution >= 4 is 27.8 Å². The van der Waals surface area contributed by atoms with E-state index < -0.39 is 5.97 Å². The van der Waals surface area contributed by atoms with Crippen molar-refractivity contribution in [1.82, 2.24) is 5.32 Å². The first-order valence-corrected chi connectivity index (χ1v) is 6.48. The molecule has 1 amide bonds. The van der Waals surface area contributed by atoms with E-state index in [1.54, 1.807) is 19.1 Å². The summed E-state index contributed by atoms with van der Waals surface area (Å²) in [6.45, 7) is 3.74. The molecule has 0 radical (unpaired) electrons. The summed E-state index contributed by atoms with van der Waals surface area (Å²) in [5.41, 5.74) is 1.63. The Kier molecular flexibility index (Phi) is 5.34. The van der Waals surface area contributed by atoms with E-state index in [4.69, 9.17) is 5.11 Å². The molecule has 0 aromatic heterocycles. The Balaban J connectivity index is 2.59. The Hall–Kier alpha value is -1.36. The lowest BCUT2D eigenvalue weighted by atomic mass is 10.1. The molecule has 1 rings (SSSR count). The molecular formula is C13H16BrNO3. The van der Waals surface area contributed by atoms with Crippen molar-refractivity contribution in [3.05, 3.63) is 33.8 Å². The molecule has 2 N–H and O–H groups in total. The molecule has 0 fully saturated rings. The zero-order valence-electron chi connectivity index (χ0n) is 10.4. The van der Waals surface area contributed by atoms with Gasteiger partial charge in [0, 0.05) is 22.5 Å². The first-order chi connectivity index (χ1) is 8.40. The first kappa shape index (κ1) is 14.7. The van der Waals surface area contributed by atoms with Crippen molar-refractivity contribution in [2.75, 3.05) is 0 Å². The number of carboxylic acid groups (broad SMARTS) is 1. The molecule has 0 saturated heterocycles. The molecule has 4 nitrogen and oxygen atoms in total. The third-order valence-corrected chi connectivity index (χ3v) is 3.46. The Morgan fingerprint density at radius 1 is 1.44 bits per heavy atom. The van der Waals surface area contributed by atoms with E-state index in [0.29, 0.717) is 12.0 Å². The van der Waals surface area contributed by atoms with Crippen LogP contribution in [0.25, 0.3) is 0 Å². The molecule has 1 aromatic rings. The van der Waals surface area contributed by atoms with E-state index in [1.165, 1.54) is 0 Å². The van der Waals surface area contributed by atoms with Crippen LogP contribution in [0.4, 0.5) is 0 Å². The average Bonchev–Trinajstić information content (AvgIpc) is 2.30. The van der Waals surface area contributed by atoms with Gasteiger partial charge in [-0.15, -0.1) is 0 Å². The van der Waals surface area contributed by atoms with Crippen molar-refractivity contribution in [1.29, 1.82) is 0 Å². The molecule has 1 aromatic carbocycles. The SMILES string of the molecule is Cc1ccc(C(=O)NC(C)CCC(=O)O)cc1Br. The topological polar surface area (TPSA) is 66.4 Å². The normalized spacial score (nSPS) is 11.9. The Bertz CT molecular complexity index is 460. The minimum absolute atomic E-state index is 0.0546. The van der Waals surface area contributed by atoms with Crippen LogP contribution in [0, 0.1) is 6.92 Å². The smallest absolute Gasteiger partial charge is 0.303 e. The van der Waals surface area contributed by atoms with E-state index in [0.717, 1.165) is 10.0 Å². The van der Waals surface area contributed by atoms with Gasteiger partial charge in [-0.3, -0.25) is 9.59 Å². The van der Waals surface area contributed by atoms with E-state index in [-0.39, 0.29) is 18.4 Å². The van der Waals surface area contributed by atoms with Gasteiger partial charge in [-0.2, -0.15) is 0 Å². The van der Waals surface area contributed by atoms with Gasteiger partial charge in [0.1, 0.15) is 0 Å². The quantitative estimate of drug-likeness (QED) is 0.878. The largest absolute Gasteiger partial charge is 0.481 e. The lowest BCUT2D eigenvalue weighted by molar-refractivity contribution is -0.137. The zero-order chi connectivity index (χ0) is 13.7. The lowest BCUT2D eigenvalue weighted by Crippen LogP contribution is -2.32. The summed E-state index contributed by atoms with van der Waals surface area (Å²) < 4.78 is 0.883. The fourth-order valence-electron chi connectivity index (χ4n) is 1.45. The maximum atomic E-state index is 11.9. The van der Waals surface area contributed by atoms with Crippen molar-refractivity contribution in [3.63, 3.8) is 0 Å². The molecule has 0 aliphatic heterocycles. The predicted molar refractivity (Wildman–Crippen MR) is 72.7 cm³/mol. The summed E-state index contributed by atoms with van der Waals surface area (Å²) >= 11 is 3.37. The number of carbonyl (C=O) groups is 2. The fourth-order valence-corrected chi connectivity index (χ4v) is 1.83. The zero-order valence-corrected chi connectivity index (χ0v) is 12.0. The second kappa shape index (κ2) is 6.54. The summed E-state index contributed by atoms with van der Waals surface area (Å²) in [7, 11) is 0. The lowest BCUT2D eigenvalue weighted by Gasteiger charge is -2.13. The minimum Gasteiger partial charge on any atom is -0.481 e. The second-order valence-corrected chi connectivity index (χ2v) is 5.13. The Morgan fingerprint density at radius 2 is 2.11 bits per heavy atom. The minimum atomic E-state index is -0.853. The van der Waals surface area contributed by atoms with Crippen LogP contribution in [0.5, 0.6) is 0 Å². The van der Waals surface area contributed by atoms with E-state index in [9.17, 15) is 9.59 Å². The molecule has 0 saturated carbocycles. The molecule has 1 atom stereocenters. The molecular weight excluding hydrogens is 298 g/mol. The predicted octanol–water partition coefficient (Wildman–Crippen LogP) is 2.74.